The van der Waals surface area contributed by atoms with E-state index in [9.17, 15) is 9.59 Å². The highest BCUT2D eigenvalue weighted by Gasteiger charge is 2.10. The lowest BCUT2D eigenvalue weighted by molar-refractivity contribution is 0.0999. The van der Waals surface area contributed by atoms with Gasteiger partial charge in [0.25, 0.3) is 0 Å². The summed E-state index contributed by atoms with van der Waals surface area (Å²) in [6.07, 6.45) is 1.14. The Balaban J connectivity index is 1.64. The van der Waals surface area contributed by atoms with Crippen molar-refractivity contribution in [3.05, 3.63) is 81.8 Å². The number of carbonyl (C=O) groups excluding carboxylic acids is 1. The van der Waals surface area contributed by atoms with E-state index in [4.69, 9.17) is 16.0 Å². The minimum absolute atomic E-state index is 0.201. The van der Waals surface area contributed by atoms with Crippen molar-refractivity contribution in [1.82, 2.24) is 10.1 Å². The summed E-state index contributed by atoms with van der Waals surface area (Å²) in [7, 11) is 0. The van der Waals surface area contributed by atoms with Crippen LogP contribution in [0.5, 0.6) is 0 Å². The van der Waals surface area contributed by atoms with E-state index < -0.39 is 5.91 Å². The summed E-state index contributed by atoms with van der Waals surface area (Å²) in [5, 5.41) is 4.48. The molecule has 2 aromatic heterocycles. The van der Waals surface area contributed by atoms with Gasteiger partial charge < -0.3 is 21.0 Å². The lowest BCUT2D eigenvalue weighted by Crippen LogP contribution is -2.14. The number of H-pyrrole nitrogens is 1. The lowest BCUT2D eigenvalue weighted by Gasteiger charge is -2.08. The molecule has 140 valence electrons. The number of nitrogens with one attached hydrogen (secondary N) is 1. The molecular weight excluding hydrogens is 356 g/mol. The molecule has 0 saturated carbocycles. The first kappa shape index (κ1) is 17.5. The van der Waals surface area contributed by atoms with E-state index in [1.807, 2.05) is 30.3 Å². The Hall–Kier alpha value is -3.87. The van der Waals surface area contributed by atoms with Crippen LogP contribution in [-0.4, -0.2) is 16.0 Å². The first-order chi connectivity index (χ1) is 13.5. The number of rotatable bonds is 5. The molecule has 4 rings (SSSR count). The zero-order chi connectivity index (χ0) is 19.7. The summed E-state index contributed by atoms with van der Waals surface area (Å²) in [6.45, 7) is 0. The van der Waals surface area contributed by atoms with Crippen molar-refractivity contribution in [2.75, 3.05) is 5.73 Å². The summed E-state index contributed by atoms with van der Waals surface area (Å²) in [5.74, 6) is -0.126. The monoisotopic (exact) mass is 374 g/mol. The smallest absolute Gasteiger partial charge is 0.248 e. The quantitative estimate of drug-likeness (QED) is 0.495. The van der Waals surface area contributed by atoms with E-state index in [1.165, 1.54) is 6.07 Å². The van der Waals surface area contributed by atoms with Crippen LogP contribution in [0.25, 0.3) is 22.1 Å². The van der Waals surface area contributed by atoms with Gasteiger partial charge in [-0.25, -0.2) is 0 Å². The van der Waals surface area contributed by atoms with Gasteiger partial charge in [0.2, 0.25) is 11.5 Å². The van der Waals surface area contributed by atoms with Crippen LogP contribution in [0.3, 0.4) is 0 Å². The predicted molar refractivity (Wildman–Crippen MR) is 107 cm³/mol. The van der Waals surface area contributed by atoms with Crippen LogP contribution in [0.1, 0.15) is 21.6 Å². The Kier molecular flexibility index (Phi) is 4.41. The van der Waals surface area contributed by atoms with Crippen molar-refractivity contribution in [3.63, 3.8) is 0 Å². The average molecular weight is 374 g/mol. The van der Waals surface area contributed by atoms with Crippen LogP contribution in [0.2, 0.25) is 0 Å². The number of hydrogen-bond donors (Lipinski definition) is 3. The van der Waals surface area contributed by atoms with Crippen LogP contribution in [0, 0.1) is 0 Å². The SMILES string of the molecule is NC(=O)c1ccccc1CCc1cc(-c2ccc3c(N)noc3c2)cc(=O)[nH]1. The van der Waals surface area contributed by atoms with E-state index in [0.29, 0.717) is 29.8 Å². The summed E-state index contributed by atoms with van der Waals surface area (Å²) in [6, 6.07) is 16.1. The van der Waals surface area contributed by atoms with E-state index in [0.717, 1.165) is 27.8 Å². The molecule has 2 aromatic carbocycles. The average Bonchev–Trinajstić information content (AvgIpc) is 3.06. The number of pyridine rings is 1. The van der Waals surface area contributed by atoms with Crippen molar-refractivity contribution in [2.24, 2.45) is 5.73 Å². The van der Waals surface area contributed by atoms with Crippen molar-refractivity contribution in [3.8, 4) is 11.1 Å². The number of benzene rings is 2. The topological polar surface area (TPSA) is 128 Å². The number of anilines is 1. The van der Waals surface area contributed by atoms with Crippen LogP contribution in [0.15, 0.2) is 63.9 Å². The molecule has 7 heteroatoms. The van der Waals surface area contributed by atoms with Crippen molar-refractivity contribution in [2.45, 2.75) is 12.8 Å². The van der Waals surface area contributed by atoms with E-state index in [-0.39, 0.29) is 5.56 Å². The van der Waals surface area contributed by atoms with E-state index >= 15 is 0 Å². The molecule has 0 atom stereocenters. The molecule has 0 aliphatic rings. The molecule has 5 N–H and O–H groups in total. The highest BCUT2D eigenvalue weighted by Crippen LogP contribution is 2.27. The molecule has 0 radical (unpaired) electrons. The molecule has 1 amide bonds. The number of nitrogens with two attached hydrogens (primary N) is 2. The van der Waals surface area contributed by atoms with Crippen molar-refractivity contribution < 1.29 is 9.32 Å². The third kappa shape index (κ3) is 3.37. The summed E-state index contributed by atoms with van der Waals surface area (Å²) in [5.41, 5.74) is 15.2. The van der Waals surface area contributed by atoms with Gasteiger partial charge in [-0.05, 0) is 53.8 Å². The van der Waals surface area contributed by atoms with Crippen LogP contribution in [0.4, 0.5) is 5.82 Å². The summed E-state index contributed by atoms with van der Waals surface area (Å²) < 4.78 is 5.21. The molecule has 2 heterocycles. The Morgan fingerprint density at radius 3 is 2.68 bits per heavy atom. The Morgan fingerprint density at radius 1 is 1.04 bits per heavy atom. The summed E-state index contributed by atoms with van der Waals surface area (Å²) >= 11 is 0. The fourth-order valence-corrected chi connectivity index (χ4v) is 3.29. The molecule has 0 fully saturated rings. The van der Waals surface area contributed by atoms with Crippen LogP contribution in [-0.2, 0) is 12.8 Å². The lowest BCUT2D eigenvalue weighted by atomic mass is 9.99. The maximum Gasteiger partial charge on any atom is 0.248 e. The van der Waals surface area contributed by atoms with Crippen molar-refractivity contribution in [1.29, 1.82) is 0 Å². The first-order valence-corrected chi connectivity index (χ1v) is 8.77. The van der Waals surface area contributed by atoms with Gasteiger partial charge in [-0.15, -0.1) is 0 Å². The van der Waals surface area contributed by atoms with Gasteiger partial charge in [0, 0.05) is 17.3 Å². The number of amides is 1. The first-order valence-electron chi connectivity index (χ1n) is 8.77. The predicted octanol–water partition coefficient (Wildman–Crippen LogP) is 2.65. The number of nitrogen functional groups attached to an aromatic ring is 1. The minimum Gasteiger partial charge on any atom is -0.380 e. The largest absolute Gasteiger partial charge is 0.380 e. The third-order valence-electron chi connectivity index (χ3n) is 4.68. The van der Waals surface area contributed by atoms with E-state index in [1.54, 1.807) is 18.2 Å². The van der Waals surface area contributed by atoms with Gasteiger partial charge in [0.15, 0.2) is 11.4 Å². The fraction of sp³-hybridized carbons (Fsp3) is 0.0952. The second-order valence-electron chi connectivity index (χ2n) is 6.56. The van der Waals surface area contributed by atoms with Crippen LogP contribution < -0.4 is 17.0 Å². The normalized spacial score (nSPS) is 11.0. The molecule has 0 unspecified atom stereocenters. The number of hydrogen-bond acceptors (Lipinski definition) is 5. The highest BCUT2D eigenvalue weighted by molar-refractivity contribution is 5.94. The highest BCUT2D eigenvalue weighted by atomic mass is 16.5. The number of aromatic nitrogens is 2. The van der Waals surface area contributed by atoms with Crippen LogP contribution >= 0.6 is 0 Å². The molecule has 4 aromatic rings. The van der Waals surface area contributed by atoms with Gasteiger partial charge >= 0.3 is 0 Å². The van der Waals surface area contributed by atoms with Gasteiger partial charge in [-0.2, -0.15) is 0 Å². The Morgan fingerprint density at radius 2 is 1.86 bits per heavy atom. The molecule has 0 spiro atoms. The Bertz CT molecular complexity index is 1240. The number of carbonyl (C=O) groups is 1. The van der Waals surface area contributed by atoms with Gasteiger partial charge in [0.1, 0.15) is 0 Å². The maximum absolute atomic E-state index is 12.2. The number of primary amides is 1. The number of fused-ring (bicyclic) bond motifs is 1. The van der Waals surface area contributed by atoms with Crippen molar-refractivity contribution >= 4 is 22.7 Å². The van der Waals surface area contributed by atoms with Gasteiger partial charge in [0.05, 0.1) is 5.39 Å². The molecule has 28 heavy (non-hydrogen) atoms. The molecule has 0 bridgehead atoms. The van der Waals surface area contributed by atoms with Gasteiger partial charge in [-0.3, -0.25) is 9.59 Å². The number of aryl methyl sites for hydroxylation is 2. The molecule has 7 nitrogen and oxygen atoms in total. The number of aromatic amines is 1. The minimum atomic E-state index is -0.461. The third-order valence-corrected chi connectivity index (χ3v) is 4.68. The van der Waals surface area contributed by atoms with E-state index in [2.05, 4.69) is 10.1 Å². The molecular formula is C21H18N4O3. The molecule has 0 aliphatic carbocycles. The zero-order valence-corrected chi connectivity index (χ0v) is 14.9. The fourth-order valence-electron chi connectivity index (χ4n) is 3.29. The Labute approximate surface area is 160 Å². The number of nitrogens with zero attached hydrogens (tertiary/aromatic N) is 1. The molecule has 0 aliphatic heterocycles. The zero-order valence-electron chi connectivity index (χ0n) is 14.9. The maximum atomic E-state index is 12.2. The second kappa shape index (κ2) is 7.03. The summed E-state index contributed by atoms with van der Waals surface area (Å²) in [4.78, 5) is 26.6. The second-order valence-corrected chi connectivity index (χ2v) is 6.56. The molecule has 0 saturated heterocycles. The standard InChI is InChI=1S/C21H18N4O3/c22-20-17-8-6-13(10-18(17)28-25-20)14-9-15(24-19(26)11-14)7-5-12-3-1-2-4-16(12)21(23)27/h1-4,6,8-11H,5,7H2,(H2,22,25)(H2,23,27)(H,24,26). The van der Waals surface area contributed by atoms with Gasteiger partial charge in [-0.1, -0.05) is 29.4 Å².